The van der Waals surface area contributed by atoms with Gasteiger partial charge >= 0.3 is 0 Å². The Bertz CT molecular complexity index is 798. The first-order valence-electron chi connectivity index (χ1n) is 12.8. The third kappa shape index (κ3) is 4.70. The summed E-state index contributed by atoms with van der Waals surface area (Å²) >= 11 is 0. The van der Waals surface area contributed by atoms with E-state index >= 15 is 0 Å². The van der Waals surface area contributed by atoms with Crippen LogP contribution in [0.5, 0.6) is 5.75 Å². The largest absolute Gasteiger partial charge is 0.491 e. The zero-order valence-electron chi connectivity index (χ0n) is 21.6. The van der Waals surface area contributed by atoms with E-state index < -0.39 is 5.79 Å². The second-order valence-electron chi connectivity index (χ2n) is 10.6. The Kier molecular flexibility index (Phi) is 7.15. The number of nitrogens with zero attached hydrogens (tertiary/aromatic N) is 1. The van der Waals surface area contributed by atoms with Crippen LogP contribution in [0, 0.1) is 5.92 Å². The highest BCUT2D eigenvalue weighted by molar-refractivity contribution is 5.28. The molecule has 1 aromatic carbocycles. The molecule has 7 unspecified atom stereocenters. The molecule has 0 amide bonds. The molecular weight excluding hydrogens is 418 g/mol. The van der Waals surface area contributed by atoms with Gasteiger partial charge in [0, 0.05) is 17.9 Å². The van der Waals surface area contributed by atoms with E-state index in [1.807, 2.05) is 12.1 Å². The van der Waals surface area contributed by atoms with Crippen LogP contribution in [0.15, 0.2) is 24.3 Å². The van der Waals surface area contributed by atoms with Crippen LogP contribution >= 0.6 is 0 Å². The molecule has 0 saturated carbocycles. The molecular formula is C27H43NO5. The average molecular weight is 462 g/mol. The van der Waals surface area contributed by atoms with Gasteiger partial charge in [0.05, 0.1) is 24.9 Å². The molecule has 6 nitrogen and oxygen atoms in total. The van der Waals surface area contributed by atoms with Gasteiger partial charge in [-0.25, -0.2) is 0 Å². The number of piperidine rings is 1. The molecule has 186 valence electrons. The highest BCUT2D eigenvalue weighted by Crippen LogP contribution is 2.55. The predicted molar refractivity (Wildman–Crippen MR) is 128 cm³/mol. The van der Waals surface area contributed by atoms with Crippen LogP contribution in [0.1, 0.15) is 85.8 Å². The third-order valence-electron chi connectivity index (χ3n) is 8.44. The monoisotopic (exact) mass is 461 g/mol. The normalized spacial score (nSPS) is 39.7. The summed E-state index contributed by atoms with van der Waals surface area (Å²) in [5.74, 6) is 0.482. The highest BCUT2D eigenvalue weighted by Gasteiger charge is 2.64. The van der Waals surface area contributed by atoms with Gasteiger partial charge in [-0.15, -0.1) is 0 Å². The number of hydrogen-bond acceptors (Lipinski definition) is 6. The van der Waals surface area contributed by atoms with Gasteiger partial charge in [-0.1, -0.05) is 39.8 Å². The van der Waals surface area contributed by atoms with Gasteiger partial charge in [-0.3, -0.25) is 4.84 Å². The lowest BCUT2D eigenvalue weighted by molar-refractivity contribution is -0.380. The van der Waals surface area contributed by atoms with E-state index in [0.29, 0.717) is 13.2 Å². The van der Waals surface area contributed by atoms with Crippen LogP contribution in [-0.4, -0.2) is 54.0 Å². The zero-order valence-corrected chi connectivity index (χ0v) is 21.6. The summed E-state index contributed by atoms with van der Waals surface area (Å²) in [6.07, 6.45) is 4.01. The fraction of sp³-hybridized carbons (Fsp3) is 0.778. The minimum Gasteiger partial charge on any atom is -0.491 e. The van der Waals surface area contributed by atoms with E-state index in [1.54, 1.807) is 0 Å². The number of ether oxygens (including phenoxy) is 4. The summed E-state index contributed by atoms with van der Waals surface area (Å²) in [6.45, 7) is 17.8. The van der Waals surface area contributed by atoms with Crippen LogP contribution in [0.25, 0.3) is 0 Å². The third-order valence-corrected chi connectivity index (χ3v) is 8.44. The van der Waals surface area contributed by atoms with Crippen LogP contribution < -0.4 is 4.74 Å². The topological polar surface area (TPSA) is 52.7 Å². The number of epoxide rings is 1. The first-order valence-corrected chi connectivity index (χ1v) is 12.8. The second-order valence-corrected chi connectivity index (χ2v) is 10.6. The Morgan fingerprint density at radius 3 is 2.30 bits per heavy atom. The molecule has 4 rings (SSSR count). The maximum atomic E-state index is 6.83. The lowest BCUT2D eigenvalue weighted by Crippen LogP contribution is -2.71. The van der Waals surface area contributed by atoms with Gasteiger partial charge < -0.3 is 18.9 Å². The fourth-order valence-electron chi connectivity index (χ4n) is 5.50. The van der Waals surface area contributed by atoms with Crippen molar-refractivity contribution in [3.63, 3.8) is 0 Å². The molecule has 0 aromatic heterocycles. The number of benzene rings is 1. The lowest BCUT2D eigenvalue weighted by atomic mass is 9.67. The van der Waals surface area contributed by atoms with Crippen LogP contribution in [0.2, 0.25) is 0 Å². The summed E-state index contributed by atoms with van der Waals surface area (Å²) in [5.41, 5.74) is 0.698. The molecule has 0 aliphatic carbocycles. The quantitative estimate of drug-likeness (QED) is 0.443. The molecule has 0 radical (unpaired) electrons. The molecule has 6 heteroatoms. The minimum atomic E-state index is -0.552. The van der Waals surface area contributed by atoms with E-state index in [2.05, 4.69) is 65.7 Å². The van der Waals surface area contributed by atoms with Gasteiger partial charge in [0.1, 0.15) is 24.6 Å². The molecule has 1 aromatic rings. The number of hydroxylamine groups is 2. The maximum Gasteiger partial charge on any atom is 0.175 e. The molecule has 0 N–H and O–H groups in total. The van der Waals surface area contributed by atoms with Crippen molar-refractivity contribution in [1.82, 2.24) is 5.06 Å². The molecule has 0 bridgehead atoms. The first-order chi connectivity index (χ1) is 15.7. The Morgan fingerprint density at radius 1 is 1.06 bits per heavy atom. The van der Waals surface area contributed by atoms with Crippen molar-refractivity contribution in [3.8, 4) is 5.75 Å². The van der Waals surface area contributed by atoms with Crippen LogP contribution in [0.3, 0.4) is 0 Å². The van der Waals surface area contributed by atoms with E-state index in [0.717, 1.165) is 43.6 Å². The van der Waals surface area contributed by atoms with Crippen molar-refractivity contribution in [3.05, 3.63) is 29.8 Å². The van der Waals surface area contributed by atoms with Crippen molar-refractivity contribution >= 4 is 0 Å². The molecule has 3 aliphatic heterocycles. The lowest BCUT2D eigenvalue weighted by Gasteiger charge is -2.62. The van der Waals surface area contributed by atoms with Gasteiger partial charge in [0.25, 0.3) is 0 Å². The number of hydrogen-bond donors (Lipinski definition) is 0. The second kappa shape index (κ2) is 9.46. The maximum absolute atomic E-state index is 6.83. The summed E-state index contributed by atoms with van der Waals surface area (Å²) < 4.78 is 24.1. The van der Waals surface area contributed by atoms with E-state index in [-0.39, 0.29) is 35.3 Å². The van der Waals surface area contributed by atoms with Crippen molar-refractivity contribution in [2.75, 3.05) is 19.8 Å². The van der Waals surface area contributed by atoms with Gasteiger partial charge in [-0.05, 0) is 57.7 Å². The summed E-state index contributed by atoms with van der Waals surface area (Å²) in [6, 6.07) is 8.25. The van der Waals surface area contributed by atoms with E-state index in [1.165, 1.54) is 0 Å². The SMILES string of the molecule is CCC1COC2(CC(C)(CC)N(OC(C)c3ccc(OCC4CO4)cc3)C(C)(CC)C2C)O1. The van der Waals surface area contributed by atoms with Crippen LogP contribution in [0.4, 0.5) is 0 Å². The molecule has 3 aliphatic rings. The molecule has 7 atom stereocenters. The van der Waals surface area contributed by atoms with Crippen molar-refractivity contribution in [2.24, 2.45) is 5.92 Å². The predicted octanol–water partition coefficient (Wildman–Crippen LogP) is 5.66. The summed E-state index contributed by atoms with van der Waals surface area (Å²) in [4.78, 5) is 6.83. The van der Waals surface area contributed by atoms with E-state index in [9.17, 15) is 0 Å². The smallest absolute Gasteiger partial charge is 0.175 e. The molecule has 1 spiro atoms. The van der Waals surface area contributed by atoms with Crippen LogP contribution in [-0.2, 0) is 19.0 Å². The van der Waals surface area contributed by atoms with Crippen molar-refractivity contribution in [1.29, 1.82) is 0 Å². The van der Waals surface area contributed by atoms with Gasteiger partial charge in [0.2, 0.25) is 0 Å². The zero-order chi connectivity index (χ0) is 23.9. The highest BCUT2D eigenvalue weighted by atomic mass is 16.8. The fourth-order valence-corrected chi connectivity index (χ4v) is 5.50. The first kappa shape index (κ1) is 24.9. The average Bonchev–Trinajstić information content (AvgIpc) is 3.58. The Balaban J connectivity index is 1.53. The summed E-state index contributed by atoms with van der Waals surface area (Å²) in [5, 5.41) is 2.29. The molecule has 33 heavy (non-hydrogen) atoms. The van der Waals surface area contributed by atoms with Crippen molar-refractivity contribution < 1.29 is 23.8 Å². The Hall–Kier alpha value is -1.18. The Morgan fingerprint density at radius 2 is 1.76 bits per heavy atom. The minimum absolute atomic E-state index is 0.0855. The Labute approximate surface area is 199 Å². The van der Waals surface area contributed by atoms with Crippen molar-refractivity contribution in [2.45, 2.75) is 109 Å². The molecule has 3 fully saturated rings. The van der Waals surface area contributed by atoms with E-state index in [4.69, 9.17) is 23.8 Å². The molecule has 3 saturated heterocycles. The summed E-state index contributed by atoms with van der Waals surface area (Å²) in [7, 11) is 0. The van der Waals surface area contributed by atoms with Gasteiger partial charge in [-0.2, -0.15) is 5.06 Å². The number of rotatable bonds is 9. The standard InChI is InChI=1S/C27H43NO5/c1-8-22-17-31-27(32-22)18-25(6,9-2)28(26(7,10-3)20(27)5)33-19(4)21-11-13-23(14-12-21)29-15-24-16-30-24/h11-14,19-20,22,24H,8-10,15-18H2,1-7H3. The van der Waals surface area contributed by atoms with Gasteiger partial charge in [0.15, 0.2) is 5.79 Å². The molecule has 3 heterocycles.